The van der Waals surface area contributed by atoms with Gasteiger partial charge in [-0.3, -0.25) is 4.98 Å². The summed E-state index contributed by atoms with van der Waals surface area (Å²) in [7, 11) is 0. The molecule has 0 radical (unpaired) electrons. The van der Waals surface area contributed by atoms with E-state index in [1.165, 1.54) is 6.07 Å². The molecule has 2 N–H and O–H groups in total. The standard InChI is InChI=1S/C23H24F3N5.C2HF3O2/c1-13-10-19-20(12-27-13)30-23(22(29-19)28-16-3-4-16)31-8-6-14(7-9-31)21(26)17-5-2-15(24)11-18(17)25;3-2(4,5)1(6)7/h2,5,10-12,14,16,21H,3-4,6-9H2,1H3,(H,28,29);(H,6,7)/t21-;/m1./s1. The number of benzene rings is 1. The molecule has 0 amide bonds. The molecule has 0 spiro atoms. The van der Waals surface area contributed by atoms with Crippen LogP contribution in [0.3, 0.4) is 0 Å². The second-order valence-corrected chi connectivity index (χ2v) is 9.32. The van der Waals surface area contributed by atoms with Crippen LogP contribution < -0.4 is 10.2 Å². The SMILES string of the molecule is Cc1cc2nc(NC3CC3)c(N3CCC([C@@H](F)c4ccc(F)cc4F)CC3)nc2cn1.O=C(O)C(F)(F)F. The van der Waals surface area contributed by atoms with Crippen LogP contribution in [0.25, 0.3) is 11.0 Å². The molecule has 1 saturated heterocycles. The molecule has 1 saturated carbocycles. The molecule has 2 aromatic heterocycles. The number of hydrogen-bond acceptors (Lipinski definition) is 6. The number of hydrogen-bond donors (Lipinski definition) is 2. The normalized spacial score (nSPS) is 17.1. The van der Waals surface area contributed by atoms with Crippen LogP contribution in [0.5, 0.6) is 0 Å². The minimum Gasteiger partial charge on any atom is -0.475 e. The minimum absolute atomic E-state index is 0.0668. The first-order valence-corrected chi connectivity index (χ1v) is 12.0. The van der Waals surface area contributed by atoms with Crippen molar-refractivity contribution in [2.24, 2.45) is 5.92 Å². The van der Waals surface area contributed by atoms with Gasteiger partial charge in [0.2, 0.25) is 0 Å². The van der Waals surface area contributed by atoms with Crippen molar-refractivity contribution in [2.75, 3.05) is 23.3 Å². The number of piperidine rings is 1. The molecule has 38 heavy (non-hydrogen) atoms. The zero-order valence-corrected chi connectivity index (χ0v) is 20.3. The second-order valence-electron chi connectivity index (χ2n) is 9.32. The molecule has 1 aliphatic heterocycles. The van der Waals surface area contributed by atoms with Crippen LogP contribution in [-0.2, 0) is 4.79 Å². The average Bonchev–Trinajstić information content (AvgIpc) is 3.67. The molecule has 3 heterocycles. The smallest absolute Gasteiger partial charge is 0.475 e. The zero-order chi connectivity index (χ0) is 27.6. The number of fused-ring (bicyclic) bond motifs is 1. The Balaban J connectivity index is 0.000000426. The predicted molar refractivity (Wildman–Crippen MR) is 128 cm³/mol. The molecule has 0 unspecified atom stereocenters. The van der Waals surface area contributed by atoms with Crippen LogP contribution in [0.4, 0.5) is 38.0 Å². The lowest BCUT2D eigenvalue weighted by molar-refractivity contribution is -0.192. The van der Waals surface area contributed by atoms with E-state index < -0.39 is 30.0 Å². The Morgan fingerprint density at radius 3 is 2.32 bits per heavy atom. The highest BCUT2D eigenvalue weighted by Crippen LogP contribution is 2.38. The number of halogens is 6. The summed E-state index contributed by atoms with van der Waals surface area (Å²) in [6.07, 6.45) is -1.49. The fourth-order valence-electron chi connectivity index (χ4n) is 4.17. The van der Waals surface area contributed by atoms with Gasteiger partial charge in [-0.1, -0.05) is 6.07 Å². The summed E-state index contributed by atoms with van der Waals surface area (Å²) in [5.41, 5.74) is 2.34. The number of carbonyl (C=O) groups is 1. The maximum Gasteiger partial charge on any atom is 0.490 e. The van der Waals surface area contributed by atoms with Gasteiger partial charge >= 0.3 is 12.1 Å². The maximum absolute atomic E-state index is 15.0. The van der Waals surface area contributed by atoms with Crippen LogP contribution in [-0.4, -0.2) is 51.3 Å². The highest BCUT2D eigenvalue weighted by Gasteiger charge is 2.38. The van der Waals surface area contributed by atoms with Crippen LogP contribution in [0.1, 0.15) is 43.1 Å². The molecular formula is C25H25F6N5O2. The van der Waals surface area contributed by atoms with Gasteiger partial charge < -0.3 is 15.3 Å². The van der Waals surface area contributed by atoms with E-state index in [4.69, 9.17) is 19.9 Å². The monoisotopic (exact) mass is 541 g/mol. The number of rotatable bonds is 5. The van der Waals surface area contributed by atoms with Crippen molar-refractivity contribution in [3.05, 3.63) is 53.4 Å². The first-order chi connectivity index (χ1) is 17.9. The Morgan fingerprint density at radius 1 is 1.08 bits per heavy atom. The van der Waals surface area contributed by atoms with E-state index in [0.29, 0.717) is 32.0 Å². The van der Waals surface area contributed by atoms with E-state index in [-0.39, 0.29) is 11.5 Å². The van der Waals surface area contributed by atoms with Gasteiger partial charge in [-0.15, -0.1) is 0 Å². The van der Waals surface area contributed by atoms with Crippen molar-refractivity contribution in [2.45, 2.75) is 51.0 Å². The average molecular weight is 541 g/mol. The predicted octanol–water partition coefficient (Wildman–Crippen LogP) is 5.75. The Labute approximate surface area is 213 Å². The number of anilines is 2. The first-order valence-electron chi connectivity index (χ1n) is 12.0. The molecule has 13 heteroatoms. The molecule has 3 aromatic rings. The molecule has 1 aromatic carbocycles. The van der Waals surface area contributed by atoms with Gasteiger partial charge in [0.15, 0.2) is 11.6 Å². The van der Waals surface area contributed by atoms with Crippen molar-refractivity contribution >= 4 is 28.6 Å². The number of alkyl halides is 4. The minimum atomic E-state index is -5.08. The highest BCUT2D eigenvalue weighted by atomic mass is 19.4. The molecule has 2 aliphatic rings. The molecule has 204 valence electrons. The molecule has 2 fully saturated rings. The molecule has 1 atom stereocenters. The van der Waals surface area contributed by atoms with Gasteiger partial charge in [0.1, 0.15) is 23.3 Å². The summed E-state index contributed by atoms with van der Waals surface area (Å²) in [4.78, 5) is 24.9. The third kappa shape index (κ3) is 6.62. The van der Waals surface area contributed by atoms with Gasteiger partial charge in [0.25, 0.3) is 0 Å². The quantitative estimate of drug-likeness (QED) is 0.398. The largest absolute Gasteiger partial charge is 0.490 e. The Kier molecular flexibility index (Phi) is 7.93. The van der Waals surface area contributed by atoms with Crippen LogP contribution in [0.2, 0.25) is 0 Å². The van der Waals surface area contributed by atoms with E-state index >= 15 is 4.39 Å². The number of nitrogens with one attached hydrogen (secondary N) is 1. The van der Waals surface area contributed by atoms with Crippen LogP contribution in [0.15, 0.2) is 30.5 Å². The number of aromatic nitrogens is 3. The molecule has 1 aliphatic carbocycles. The third-order valence-electron chi connectivity index (χ3n) is 6.34. The van der Waals surface area contributed by atoms with E-state index in [1.807, 2.05) is 13.0 Å². The first kappa shape index (κ1) is 27.4. The van der Waals surface area contributed by atoms with Gasteiger partial charge in [0, 0.05) is 36.5 Å². The number of nitrogens with zero attached hydrogens (tertiary/aromatic N) is 4. The lowest BCUT2D eigenvalue weighted by Crippen LogP contribution is -2.36. The summed E-state index contributed by atoms with van der Waals surface area (Å²) in [6, 6.07) is 5.40. The topological polar surface area (TPSA) is 91.2 Å². The molecule has 7 nitrogen and oxygen atoms in total. The van der Waals surface area contributed by atoms with Gasteiger partial charge in [-0.25, -0.2) is 27.9 Å². The van der Waals surface area contributed by atoms with Crippen molar-refractivity contribution < 1.29 is 36.2 Å². The number of aryl methyl sites for hydroxylation is 1. The lowest BCUT2D eigenvalue weighted by Gasteiger charge is -2.35. The number of carboxylic acids is 1. The Morgan fingerprint density at radius 2 is 1.74 bits per heavy atom. The van der Waals surface area contributed by atoms with E-state index in [2.05, 4.69) is 15.2 Å². The number of carboxylic acid groups (broad SMARTS) is 1. The summed E-state index contributed by atoms with van der Waals surface area (Å²) in [5, 5.41) is 10.6. The summed E-state index contributed by atoms with van der Waals surface area (Å²) < 4.78 is 74.0. The maximum atomic E-state index is 15.0. The van der Waals surface area contributed by atoms with Crippen molar-refractivity contribution in [3.8, 4) is 0 Å². The summed E-state index contributed by atoms with van der Waals surface area (Å²) >= 11 is 0. The lowest BCUT2D eigenvalue weighted by atomic mass is 9.88. The third-order valence-corrected chi connectivity index (χ3v) is 6.34. The summed E-state index contributed by atoms with van der Waals surface area (Å²) in [5.74, 6) is -3.10. The number of pyridine rings is 1. The van der Waals surface area contributed by atoms with Crippen LogP contribution >= 0.6 is 0 Å². The second kappa shape index (κ2) is 11.0. The van der Waals surface area contributed by atoms with Gasteiger partial charge in [-0.2, -0.15) is 13.2 Å². The van der Waals surface area contributed by atoms with E-state index in [9.17, 15) is 22.0 Å². The van der Waals surface area contributed by atoms with Gasteiger partial charge in [-0.05, 0) is 50.7 Å². The van der Waals surface area contributed by atoms with E-state index in [1.54, 1.807) is 6.20 Å². The summed E-state index contributed by atoms with van der Waals surface area (Å²) in [6.45, 7) is 3.10. The van der Waals surface area contributed by atoms with Crippen LogP contribution in [0, 0.1) is 24.5 Å². The van der Waals surface area contributed by atoms with Crippen molar-refractivity contribution in [1.29, 1.82) is 0 Å². The molecule has 0 bridgehead atoms. The Bertz CT molecular complexity index is 1310. The number of aliphatic carboxylic acids is 1. The Hall–Kier alpha value is -3.64. The highest BCUT2D eigenvalue weighted by molar-refractivity contribution is 5.80. The van der Waals surface area contributed by atoms with Crippen molar-refractivity contribution in [3.63, 3.8) is 0 Å². The molecular weight excluding hydrogens is 516 g/mol. The fraction of sp³-hybridized carbons (Fsp3) is 0.440. The fourth-order valence-corrected chi connectivity index (χ4v) is 4.17. The molecule has 5 rings (SSSR count). The van der Waals surface area contributed by atoms with Crippen molar-refractivity contribution in [1.82, 2.24) is 15.0 Å². The zero-order valence-electron chi connectivity index (χ0n) is 20.3. The van der Waals surface area contributed by atoms with Gasteiger partial charge in [0.05, 0.1) is 11.7 Å². The van der Waals surface area contributed by atoms with E-state index in [0.717, 1.165) is 53.3 Å².